The fraction of sp³-hybridized carbons (Fsp3) is 0.859. The first-order valence-corrected chi connectivity index (χ1v) is 31.0. The molecule has 0 N–H and O–H groups in total. The zero-order valence-electron chi connectivity index (χ0n) is 47.1. The van der Waals surface area contributed by atoms with E-state index in [1.807, 2.05) is 0 Å². The van der Waals surface area contributed by atoms with Crippen molar-refractivity contribution in [2.75, 3.05) is 13.2 Å². The highest BCUT2D eigenvalue weighted by molar-refractivity contribution is 5.71. The minimum atomic E-state index is -0.774. The van der Waals surface area contributed by atoms with Gasteiger partial charge >= 0.3 is 17.9 Å². The average molecular weight is 984 g/mol. The number of hydrogen-bond acceptors (Lipinski definition) is 6. The second-order valence-electron chi connectivity index (χ2n) is 21.0. The lowest BCUT2D eigenvalue weighted by Crippen LogP contribution is -2.30. The van der Waals surface area contributed by atoms with Crippen LogP contribution in [0.25, 0.3) is 0 Å². The Hall–Kier alpha value is -2.37. The summed E-state index contributed by atoms with van der Waals surface area (Å²) in [5, 5.41) is 0. The van der Waals surface area contributed by atoms with Crippen LogP contribution in [0.15, 0.2) is 36.5 Å². The Balaban J connectivity index is 4.34. The van der Waals surface area contributed by atoms with Crippen LogP contribution in [0.4, 0.5) is 0 Å². The molecule has 0 rings (SSSR count). The number of rotatable bonds is 57. The van der Waals surface area contributed by atoms with E-state index in [2.05, 4.69) is 57.2 Å². The third kappa shape index (κ3) is 56.5. The van der Waals surface area contributed by atoms with Gasteiger partial charge in [0.15, 0.2) is 6.10 Å². The summed E-state index contributed by atoms with van der Waals surface area (Å²) >= 11 is 0. The zero-order chi connectivity index (χ0) is 50.7. The highest BCUT2D eigenvalue weighted by atomic mass is 16.6. The number of esters is 3. The van der Waals surface area contributed by atoms with Gasteiger partial charge < -0.3 is 14.2 Å². The molecule has 0 radical (unpaired) electrons. The summed E-state index contributed by atoms with van der Waals surface area (Å²) in [7, 11) is 0. The molecule has 0 amide bonds. The molecule has 0 unspecified atom stereocenters. The zero-order valence-corrected chi connectivity index (χ0v) is 47.1. The van der Waals surface area contributed by atoms with Crippen molar-refractivity contribution >= 4 is 17.9 Å². The topological polar surface area (TPSA) is 78.9 Å². The highest BCUT2D eigenvalue weighted by Gasteiger charge is 2.19. The van der Waals surface area contributed by atoms with Gasteiger partial charge in [0.1, 0.15) is 13.2 Å². The van der Waals surface area contributed by atoms with E-state index in [1.54, 1.807) is 0 Å². The summed E-state index contributed by atoms with van der Waals surface area (Å²) in [6.07, 6.45) is 71.3. The first kappa shape index (κ1) is 67.6. The molecule has 70 heavy (non-hydrogen) atoms. The van der Waals surface area contributed by atoms with E-state index in [9.17, 15) is 14.4 Å². The molecule has 0 spiro atoms. The Morgan fingerprint density at radius 3 is 0.829 bits per heavy atom. The second-order valence-corrected chi connectivity index (χ2v) is 21.0. The van der Waals surface area contributed by atoms with Crippen LogP contribution in [0.3, 0.4) is 0 Å². The van der Waals surface area contributed by atoms with Crippen molar-refractivity contribution in [2.24, 2.45) is 0 Å². The lowest BCUT2D eigenvalue weighted by molar-refractivity contribution is -0.167. The molecule has 0 aromatic rings. The van der Waals surface area contributed by atoms with Crippen LogP contribution in [0.5, 0.6) is 0 Å². The van der Waals surface area contributed by atoms with Crippen molar-refractivity contribution in [3.05, 3.63) is 36.5 Å². The number of allylic oxidation sites excluding steroid dienone is 6. The van der Waals surface area contributed by atoms with E-state index < -0.39 is 6.10 Å². The number of hydrogen-bond donors (Lipinski definition) is 0. The monoisotopic (exact) mass is 983 g/mol. The SMILES string of the molecule is CCCCC/C=C/C/C=C/CCCCCCCCCCCC(=O)OC[C@@H](COC(=O)CCCCCCCCCCCCCCCCCC)OC(=O)CCCCCCCCC/C=C/CCCCCCCC. The van der Waals surface area contributed by atoms with E-state index in [0.717, 1.165) is 64.2 Å². The van der Waals surface area contributed by atoms with Gasteiger partial charge in [-0.1, -0.05) is 276 Å². The predicted octanol–water partition coefficient (Wildman–Crippen LogP) is 20.8. The maximum Gasteiger partial charge on any atom is 0.306 e. The fourth-order valence-corrected chi connectivity index (χ4v) is 9.18. The maximum atomic E-state index is 12.9. The average Bonchev–Trinajstić information content (AvgIpc) is 3.36. The highest BCUT2D eigenvalue weighted by Crippen LogP contribution is 2.17. The maximum absolute atomic E-state index is 12.9. The molecule has 0 heterocycles. The number of carbonyl (C=O) groups excluding carboxylic acids is 3. The lowest BCUT2D eigenvalue weighted by atomic mass is 10.0. The van der Waals surface area contributed by atoms with Gasteiger partial charge in [-0.15, -0.1) is 0 Å². The van der Waals surface area contributed by atoms with Crippen LogP contribution in [0, 0.1) is 0 Å². The van der Waals surface area contributed by atoms with Gasteiger partial charge in [-0.05, 0) is 77.0 Å². The Morgan fingerprint density at radius 2 is 0.514 bits per heavy atom. The van der Waals surface area contributed by atoms with E-state index in [1.165, 1.54) is 231 Å². The van der Waals surface area contributed by atoms with Crippen molar-refractivity contribution < 1.29 is 28.6 Å². The Kier molecular flexibility index (Phi) is 57.2. The molecule has 410 valence electrons. The van der Waals surface area contributed by atoms with Crippen molar-refractivity contribution in [1.82, 2.24) is 0 Å². The Morgan fingerprint density at radius 1 is 0.286 bits per heavy atom. The second kappa shape index (κ2) is 59.2. The molecule has 0 aromatic heterocycles. The van der Waals surface area contributed by atoms with Crippen molar-refractivity contribution in [2.45, 2.75) is 341 Å². The molecule has 6 nitrogen and oxygen atoms in total. The van der Waals surface area contributed by atoms with Gasteiger partial charge in [0, 0.05) is 19.3 Å². The predicted molar refractivity (Wildman–Crippen MR) is 302 cm³/mol. The normalized spacial score (nSPS) is 12.2. The smallest absolute Gasteiger partial charge is 0.306 e. The summed E-state index contributed by atoms with van der Waals surface area (Å²) in [5.41, 5.74) is 0. The molecule has 0 aliphatic rings. The third-order valence-corrected chi connectivity index (χ3v) is 13.9. The summed E-state index contributed by atoms with van der Waals surface area (Å²) in [4.78, 5) is 38.3. The van der Waals surface area contributed by atoms with E-state index in [0.29, 0.717) is 19.3 Å². The molecule has 0 aliphatic carbocycles. The fourth-order valence-electron chi connectivity index (χ4n) is 9.18. The van der Waals surface area contributed by atoms with Crippen LogP contribution in [-0.4, -0.2) is 37.2 Å². The van der Waals surface area contributed by atoms with Crippen LogP contribution in [-0.2, 0) is 28.6 Å². The molecule has 1 atom stereocenters. The molecular weight excluding hydrogens is 865 g/mol. The van der Waals surface area contributed by atoms with Gasteiger partial charge in [0.2, 0.25) is 0 Å². The van der Waals surface area contributed by atoms with Gasteiger partial charge in [-0.3, -0.25) is 14.4 Å². The molecule has 6 heteroatoms. The van der Waals surface area contributed by atoms with Gasteiger partial charge in [-0.25, -0.2) is 0 Å². The molecule has 0 saturated carbocycles. The Bertz CT molecular complexity index is 1170. The van der Waals surface area contributed by atoms with Gasteiger partial charge in [0.25, 0.3) is 0 Å². The summed E-state index contributed by atoms with van der Waals surface area (Å²) in [6, 6.07) is 0. The van der Waals surface area contributed by atoms with E-state index in [-0.39, 0.29) is 31.1 Å². The van der Waals surface area contributed by atoms with E-state index in [4.69, 9.17) is 14.2 Å². The van der Waals surface area contributed by atoms with Crippen molar-refractivity contribution in [3.63, 3.8) is 0 Å². The van der Waals surface area contributed by atoms with Crippen molar-refractivity contribution in [1.29, 1.82) is 0 Å². The van der Waals surface area contributed by atoms with Crippen LogP contribution >= 0.6 is 0 Å². The largest absolute Gasteiger partial charge is 0.462 e. The summed E-state index contributed by atoms with van der Waals surface area (Å²) in [5.74, 6) is -0.858. The summed E-state index contributed by atoms with van der Waals surface area (Å²) in [6.45, 7) is 6.66. The molecule has 0 fully saturated rings. The standard InChI is InChI=1S/C64H118O6/c1-4-7-10-13-16-19-22-25-28-31-32-34-36-39-42-45-48-51-54-57-63(66)69-60-61(59-68-62(65)56-53-50-47-44-41-38-35-30-27-24-21-18-15-12-9-6-3)70-64(67)58-55-52-49-46-43-40-37-33-29-26-23-20-17-14-11-8-5-2/h16,19,25-26,28-29,61H,4-15,17-18,20-24,27,30-60H2,1-3H3/b19-16+,28-25+,29-26+/t61-/m1/s1. The van der Waals surface area contributed by atoms with E-state index >= 15 is 0 Å². The molecule has 0 aliphatic heterocycles. The van der Waals surface area contributed by atoms with Crippen LogP contribution in [0.1, 0.15) is 335 Å². The number of carbonyl (C=O) groups is 3. The quantitative estimate of drug-likeness (QED) is 0.0261. The number of unbranched alkanes of at least 4 members (excludes halogenated alkanes) is 40. The summed E-state index contributed by atoms with van der Waals surface area (Å²) < 4.78 is 16.9. The van der Waals surface area contributed by atoms with Crippen LogP contribution < -0.4 is 0 Å². The van der Waals surface area contributed by atoms with Crippen molar-refractivity contribution in [3.8, 4) is 0 Å². The molecule has 0 saturated heterocycles. The lowest BCUT2D eigenvalue weighted by Gasteiger charge is -2.18. The van der Waals surface area contributed by atoms with Crippen LogP contribution in [0.2, 0.25) is 0 Å². The third-order valence-electron chi connectivity index (χ3n) is 13.9. The molecule has 0 aromatic carbocycles. The minimum Gasteiger partial charge on any atom is -0.462 e. The Labute approximate surface area is 435 Å². The molecular formula is C64H118O6. The van der Waals surface area contributed by atoms with Gasteiger partial charge in [0.05, 0.1) is 0 Å². The molecule has 0 bridgehead atoms. The first-order valence-electron chi connectivity index (χ1n) is 31.0. The minimum absolute atomic E-state index is 0.0709. The first-order chi connectivity index (χ1) is 34.5. The number of ether oxygens (including phenoxy) is 3. The van der Waals surface area contributed by atoms with Gasteiger partial charge in [-0.2, -0.15) is 0 Å².